The van der Waals surface area contributed by atoms with Gasteiger partial charge in [-0.15, -0.1) is 0 Å². The van der Waals surface area contributed by atoms with Gasteiger partial charge in [0.25, 0.3) is 5.56 Å². The quantitative estimate of drug-likeness (QED) is 0.417. The molecule has 0 radical (unpaired) electrons. The standard InChI is InChI=1S/C23H32N6O2/c1-5-6-9-23(2,14-30)28-21-17-8-7-15(10-19(17)26-22(24)27-21)18-11-20(31)29(4)13-16(18)12-25-3/h7-8,10-11,13,25,30H,5-6,9,12,14H2,1-4H3,(H3,24,26,27,28)/t23-/m1/s1. The number of aliphatic hydroxyl groups is 1. The van der Waals surface area contributed by atoms with E-state index in [1.165, 1.54) is 0 Å². The third kappa shape index (κ3) is 5.03. The van der Waals surface area contributed by atoms with Crippen molar-refractivity contribution in [1.29, 1.82) is 0 Å². The maximum absolute atomic E-state index is 12.3. The van der Waals surface area contributed by atoms with Crippen molar-refractivity contribution in [1.82, 2.24) is 19.9 Å². The number of nitrogens with one attached hydrogen (secondary N) is 2. The number of benzene rings is 1. The molecule has 31 heavy (non-hydrogen) atoms. The predicted molar refractivity (Wildman–Crippen MR) is 126 cm³/mol. The van der Waals surface area contributed by atoms with Crippen molar-refractivity contribution in [3.63, 3.8) is 0 Å². The second-order valence-electron chi connectivity index (χ2n) is 8.30. The van der Waals surface area contributed by atoms with Crippen LogP contribution in [0.15, 0.2) is 35.3 Å². The van der Waals surface area contributed by atoms with Crippen molar-refractivity contribution >= 4 is 22.7 Å². The molecule has 0 bridgehead atoms. The lowest BCUT2D eigenvalue weighted by Gasteiger charge is -2.30. The zero-order valence-electron chi connectivity index (χ0n) is 18.7. The Balaban J connectivity index is 2.09. The lowest BCUT2D eigenvalue weighted by molar-refractivity contribution is 0.212. The Hall–Kier alpha value is -2.97. The summed E-state index contributed by atoms with van der Waals surface area (Å²) in [5.41, 5.74) is 8.86. The van der Waals surface area contributed by atoms with Crippen LogP contribution in [-0.2, 0) is 13.6 Å². The van der Waals surface area contributed by atoms with Crippen molar-refractivity contribution in [2.45, 2.75) is 45.2 Å². The molecule has 2 aromatic heterocycles. The second-order valence-corrected chi connectivity index (χ2v) is 8.30. The van der Waals surface area contributed by atoms with Gasteiger partial charge in [0.1, 0.15) is 5.82 Å². The van der Waals surface area contributed by atoms with Crippen molar-refractivity contribution in [3.8, 4) is 11.1 Å². The molecule has 0 saturated heterocycles. The molecule has 0 aliphatic heterocycles. The number of hydrogen-bond acceptors (Lipinski definition) is 7. The molecular weight excluding hydrogens is 392 g/mol. The molecule has 5 N–H and O–H groups in total. The summed E-state index contributed by atoms with van der Waals surface area (Å²) in [5.74, 6) is 0.753. The highest BCUT2D eigenvalue weighted by Gasteiger charge is 2.24. The van der Waals surface area contributed by atoms with E-state index < -0.39 is 5.54 Å². The number of nitrogens with two attached hydrogens (primary N) is 1. The van der Waals surface area contributed by atoms with Crippen LogP contribution in [0.25, 0.3) is 22.0 Å². The molecule has 3 rings (SSSR count). The largest absolute Gasteiger partial charge is 0.394 e. The van der Waals surface area contributed by atoms with Crippen molar-refractivity contribution in [2.24, 2.45) is 7.05 Å². The zero-order valence-corrected chi connectivity index (χ0v) is 18.7. The summed E-state index contributed by atoms with van der Waals surface area (Å²) in [6.45, 7) is 4.71. The van der Waals surface area contributed by atoms with Crippen LogP contribution in [0.3, 0.4) is 0 Å². The Labute approximate surface area is 182 Å². The minimum absolute atomic E-state index is 0.0167. The van der Waals surface area contributed by atoms with Crippen LogP contribution in [-0.4, -0.2) is 38.8 Å². The molecule has 3 aromatic rings. The van der Waals surface area contributed by atoms with Gasteiger partial charge in [0.15, 0.2) is 0 Å². The van der Waals surface area contributed by atoms with Crippen molar-refractivity contribution < 1.29 is 5.11 Å². The van der Waals surface area contributed by atoms with Crippen LogP contribution in [0.1, 0.15) is 38.7 Å². The van der Waals surface area contributed by atoms with Gasteiger partial charge in [-0.1, -0.05) is 25.8 Å². The van der Waals surface area contributed by atoms with E-state index in [0.717, 1.165) is 41.3 Å². The first kappa shape index (κ1) is 22.7. The Morgan fingerprint density at radius 3 is 2.71 bits per heavy atom. The highest BCUT2D eigenvalue weighted by Crippen LogP contribution is 2.31. The summed E-state index contributed by atoms with van der Waals surface area (Å²) < 4.78 is 1.57. The summed E-state index contributed by atoms with van der Waals surface area (Å²) in [6, 6.07) is 7.47. The molecule has 0 spiro atoms. The third-order valence-corrected chi connectivity index (χ3v) is 5.55. The third-order valence-electron chi connectivity index (χ3n) is 5.55. The van der Waals surface area contributed by atoms with Crippen LogP contribution in [0.5, 0.6) is 0 Å². The summed E-state index contributed by atoms with van der Waals surface area (Å²) >= 11 is 0. The smallest absolute Gasteiger partial charge is 0.250 e. The number of hydrogen-bond donors (Lipinski definition) is 4. The number of unbranched alkanes of at least 4 members (excludes halogenated alkanes) is 1. The topological polar surface area (TPSA) is 118 Å². The molecule has 8 heteroatoms. The number of fused-ring (bicyclic) bond motifs is 1. The average Bonchev–Trinajstić information content (AvgIpc) is 2.74. The molecule has 0 aliphatic carbocycles. The number of anilines is 2. The molecule has 0 fully saturated rings. The zero-order chi connectivity index (χ0) is 22.6. The molecule has 166 valence electrons. The Morgan fingerprint density at radius 1 is 1.26 bits per heavy atom. The highest BCUT2D eigenvalue weighted by atomic mass is 16.3. The summed E-state index contributed by atoms with van der Waals surface area (Å²) in [7, 11) is 3.62. The van der Waals surface area contributed by atoms with Crippen LogP contribution in [0.4, 0.5) is 11.8 Å². The monoisotopic (exact) mass is 424 g/mol. The number of nitrogens with zero attached hydrogens (tertiary/aromatic N) is 3. The van der Waals surface area contributed by atoms with E-state index in [1.807, 2.05) is 38.4 Å². The van der Waals surface area contributed by atoms with Crippen molar-refractivity contribution in [2.75, 3.05) is 24.7 Å². The number of nitrogen functional groups attached to an aromatic ring is 1. The van der Waals surface area contributed by atoms with Gasteiger partial charge in [0.05, 0.1) is 17.7 Å². The predicted octanol–water partition coefficient (Wildman–Crippen LogP) is 2.65. The maximum atomic E-state index is 12.3. The molecule has 2 heterocycles. The lowest BCUT2D eigenvalue weighted by atomic mass is 9.95. The van der Waals surface area contributed by atoms with E-state index in [0.29, 0.717) is 17.9 Å². The Kier molecular flexibility index (Phi) is 6.92. The van der Waals surface area contributed by atoms with Gasteiger partial charge in [-0.3, -0.25) is 4.79 Å². The first-order chi connectivity index (χ1) is 14.8. The SMILES string of the molecule is CCCC[C@](C)(CO)Nc1nc(N)nc2cc(-c3cc(=O)n(C)cc3CNC)ccc12. The van der Waals surface area contributed by atoms with Gasteiger partial charge in [-0.05, 0) is 49.2 Å². The molecule has 8 nitrogen and oxygen atoms in total. The molecule has 0 unspecified atom stereocenters. The summed E-state index contributed by atoms with van der Waals surface area (Å²) in [4.78, 5) is 21.1. The minimum atomic E-state index is -0.506. The van der Waals surface area contributed by atoms with Gasteiger partial charge in [0.2, 0.25) is 5.95 Å². The number of aromatic nitrogens is 3. The molecule has 0 saturated carbocycles. The first-order valence-corrected chi connectivity index (χ1v) is 10.6. The van der Waals surface area contributed by atoms with Crippen molar-refractivity contribution in [3.05, 3.63) is 46.4 Å². The van der Waals surface area contributed by atoms with E-state index in [2.05, 4.69) is 27.5 Å². The van der Waals surface area contributed by atoms with E-state index >= 15 is 0 Å². The Bertz CT molecular complexity index is 1130. The Morgan fingerprint density at radius 2 is 2.03 bits per heavy atom. The highest BCUT2D eigenvalue weighted by molar-refractivity contribution is 5.93. The molecule has 0 aliphatic rings. The number of rotatable bonds is 9. The second kappa shape index (κ2) is 9.45. The molecule has 1 atom stereocenters. The fourth-order valence-corrected chi connectivity index (χ4v) is 3.73. The van der Waals surface area contributed by atoms with Crippen LogP contribution in [0.2, 0.25) is 0 Å². The fourth-order valence-electron chi connectivity index (χ4n) is 3.73. The van der Waals surface area contributed by atoms with E-state index in [4.69, 9.17) is 5.73 Å². The van der Waals surface area contributed by atoms with E-state index in [1.54, 1.807) is 17.7 Å². The van der Waals surface area contributed by atoms with E-state index in [9.17, 15) is 9.90 Å². The van der Waals surface area contributed by atoms with Gasteiger partial charge < -0.3 is 26.0 Å². The van der Waals surface area contributed by atoms with E-state index in [-0.39, 0.29) is 18.1 Å². The van der Waals surface area contributed by atoms with Crippen LogP contribution in [0, 0.1) is 0 Å². The fraction of sp³-hybridized carbons (Fsp3) is 0.435. The normalized spacial score (nSPS) is 13.3. The number of pyridine rings is 1. The molecular formula is C23H32N6O2. The molecule has 0 amide bonds. The van der Waals surface area contributed by atoms with Gasteiger partial charge in [-0.2, -0.15) is 4.98 Å². The van der Waals surface area contributed by atoms with Crippen LogP contribution < -0.4 is 21.9 Å². The maximum Gasteiger partial charge on any atom is 0.250 e. The van der Waals surface area contributed by atoms with Gasteiger partial charge in [0, 0.05) is 31.2 Å². The summed E-state index contributed by atoms with van der Waals surface area (Å²) in [5, 5.41) is 17.3. The minimum Gasteiger partial charge on any atom is -0.394 e. The average molecular weight is 425 g/mol. The van der Waals surface area contributed by atoms with Crippen LogP contribution >= 0.6 is 0 Å². The number of aryl methyl sites for hydroxylation is 1. The molecule has 1 aromatic carbocycles. The number of aliphatic hydroxyl groups excluding tert-OH is 1. The van der Waals surface area contributed by atoms with Gasteiger partial charge in [-0.25, -0.2) is 4.98 Å². The van der Waals surface area contributed by atoms with Gasteiger partial charge >= 0.3 is 0 Å². The lowest BCUT2D eigenvalue weighted by Crippen LogP contribution is -2.39. The first-order valence-electron chi connectivity index (χ1n) is 10.6. The summed E-state index contributed by atoms with van der Waals surface area (Å²) in [6.07, 6.45) is 4.69.